The van der Waals surface area contributed by atoms with Crippen LogP contribution in [0.2, 0.25) is 0 Å². The van der Waals surface area contributed by atoms with E-state index in [4.69, 9.17) is 14.0 Å². The van der Waals surface area contributed by atoms with Crippen molar-refractivity contribution in [1.29, 1.82) is 0 Å². The zero-order valence-electron chi connectivity index (χ0n) is 32.4. The maximum atomic E-state index is 13.0. The van der Waals surface area contributed by atoms with Crippen LogP contribution < -0.4 is 5.32 Å². The second kappa shape index (κ2) is 30.7. The Morgan fingerprint density at radius 2 is 1.25 bits per heavy atom. The van der Waals surface area contributed by atoms with Gasteiger partial charge in [0.2, 0.25) is 5.91 Å². The van der Waals surface area contributed by atoms with Crippen LogP contribution in [0.3, 0.4) is 0 Å². The van der Waals surface area contributed by atoms with Crippen LogP contribution >= 0.6 is 0 Å². The molecule has 1 aliphatic rings. The molecule has 0 bridgehead atoms. The molecular weight excluding hydrogens is 706 g/mol. The second-order valence-corrected chi connectivity index (χ2v) is 15.4. The normalized spacial score (nSPS) is 22.8. The fourth-order valence-electron chi connectivity index (χ4n) is 6.28. The molecule has 1 heterocycles. The largest absolute Gasteiger partial charge is 0.397 e. The minimum absolute atomic E-state index is 0.236. The molecule has 312 valence electrons. The lowest BCUT2D eigenvalue weighted by atomic mass is 9.99. The van der Waals surface area contributed by atoms with Gasteiger partial charge in [-0.2, -0.15) is 8.42 Å². The van der Waals surface area contributed by atoms with Crippen LogP contribution in [0.5, 0.6) is 0 Å². The van der Waals surface area contributed by atoms with Gasteiger partial charge in [-0.1, -0.05) is 134 Å². The number of hydrogen-bond acceptors (Lipinski definition) is 11. The number of amides is 1. The molecule has 53 heavy (non-hydrogen) atoms. The fraction of sp³-hybridized carbons (Fsp3) is 0.872. The summed E-state index contributed by atoms with van der Waals surface area (Å²) < 4.78 is 47.1. The van der Waals surface area contributed by atoms with E-state index in [9.17, 15) is 38.7 Å². The lowest BCUT2D eigenvalue weighted by molar-refractivity contribution is -0.298. The standard InChI is InChI=1S/C39H73NO12S/c1-3-5-7-9-11-12-13-14-15-16-17-18-19-20-21-22-24-26-28-33(43)38(46)40-31(32(42)27-25-23-10-8-6-4-2)30-50-39-36(45)37(52-53(47,48)49)35(44)34(29-41)51-39/h16-17,25,27,31-37,39,41-45H,3-15,18-24,26,28-30H2,1-2H3,(H,40,46)(H,47,48,49)/b17-16-,27-25+. The first-order valence-corrected chi connectivity index (χ1v) is 21.7. The number of carbonyl (C=O) groups excluding carboxylic acids is 1. The van der Waals surface area contributed by atoms with E-state index < -0.39 is 78.5 Å². The maximum absolute atomic E-state index is 13.0. The van der Waals surface area contributed by atoms with Gasteiger partial charge in [0.05, 0.1) is 25.4 Å². The molecule has 1 aliphatic heterocycles. The van der Waals surface area contributed by atoms with Gasteiger partial charge in [-0.25, -0.2) is 4.18 Å². The molecule has 1 amide bonds. The molecule has 0 aromatic heterocycles. The van der Waals surface area contributed by atoms with E-state index >= 15 is 0 Å². The Morgan fingerprint density at radius 1 is 0.755 bits per heavy atom. The van der Waals surface area contributed by atoms with Crippen molar-refractivity contribution >= 4 is 16.3 Å². The van der Waals surface area contributed by atoms with Crippen LogP contribution in [0.4, 0.5) is 0 Å². The first-order valence-electron chi connectivity index (χ1n) is 20.3. The summed E-state index contributed by atoms with van der Waals surface area (Å²) in [6.07, 6.45) is 20.4. The topological polar surface area (TPSA) is 212 Å². The Kier molecular flexibility index (Phi) is 28.7. The Bertz CT molecular complexity index is 1070. The molecule has 0 spiro atoms. The zero-order chi connectivity index (χ0) is 39.3. The average molecular weight is 780 g/mol. The minimum Gasteiger partial charge on any atom is -0.394 e. The predicted octanol–water partition coefficient (Wildman–Crippen LogP) is 5.57. The molecule has 1 saturated heterocycles. The number of aliphatic hydroxyl groups excluding tert-OH is 5. The molecule has 7 N–H and O–H groups in total. The van der Waals surface area contributed by atoms with Crippen molar-refractivity contribution in [3.63, 3.8) is 0 Å². The monoisotopic (exact) mass is 779 g/mol. The van der Waals surface area contributed by atoms with Crippen LogP contribution in [0, 0.1) is 0 Å². The summed E-state index contributed by atoms with van der Waals surface area (Å²) in [4.78, 5) is 13.0. The Morgan fingerprint density at radius 3 is 1.77 bits per heavy atom. The Balaban J connectivity index is 2.52. The lowest BCUT2D eigenvalue weighted by Crippen LogP contribution is -2.61. The molecule has 0 aromatic carbocycles. The highest BCUT2D eigenvalue weighted by molar-refractivity contribution is 7.80. The van der Waals surface area contributed by atoms with Gasteiger partial charge in [0.25, 0.3) is 0 Å². The summed E-state index contributed by atoms with van der Waals surface area (Å²) in [5.74, 6) is -0.714. The number of allylic oxidation sites excluding steroid dienone is 3. The van der Waals surface area contributed by atoms with Crippen molar-refractivity contribution in [2.45, 2.75) is 204 Å². The van der Waals surface area contributed by atoms with E-state index in [0.717, 1.165) is 70.6 Å². The van der Waals surface area contributed by atoms with Gasteiger partial charge in [0.15, 0.2) is 6.29 Å². The van der Waals surface area contributed by atoms with Gasteiger partial charge in [-0.15, -0.1) is 0 Å². The first kappa shape index (κ1) is 49.6. The third-order valence-corrected chi connectivity index (χ3v) is 10.0. The summed E-state index contributed by atoms with van der Waals surface area (Å²) >= 11 is 0. The first-order chi connectivity index (χ1) is 25.4. The smallest absolute Gasteiger partial charge is 0.394 e. The molecule has 0 radical (unpaired) electrons. The molecule has 0 aromatic rings. The Labute approximate surface area is 319 Å². The average Bonchev–Trinajstić information content (AvgIpc) is 3.12. The lowest BCUT2D eigenvalue weighted by Gasteiger charge is -2.41. The summed E-state index contributed by atoms with van der Waals surface area (Å²) in [5, 5.41) is 54.6. The number of rotatable bonds is 33. The quantitative estimate of drug-likeness (QED) is 0.0248. The van der Waals surface area contributed by atoms with Crippen molar-refractivity contribution in [2.24, 2.45) is 0 Å². The van der Waals surface area contributed by atoms with E-state index in [1.54, 1.807) is 6.08 Å². The van der Waals surface area contributed by atoms with Gasteiger partial charge in [-0.05, 0) is 44.9 Å². The van der Waals surface area contributed by atoms with Gasteiger partial charge >= 0.3 is 10.4 Å². The number of nitrogens with one attached hydrogen (secondary N) is 1. The molecular formula is C39H73NO12S. The van der Waals surface area contributed by atoms with Crippen LogP contribution in [-0.4, -0.2) is 107 Å². The van der Waals surface area contributed by atoms with Crippen LogP contribution in [0.25, 0.3) is 0 Å². The molecule has 0 aliphatic carbocycles. The van der Waals surface area contributed by atoms with Gasteiger partial charge in [0, 0.05) is 0 Å². The van der Waals surface area contributed by atoms with Crippen molar-refractivity contribution < 1.29 is 57.0 Å². The number of ether oxygens (including phenoxy) is 2. The summed E-state index contributed by atoms with van der Waals surface area (Å²) in [6.45, 7) is 3.08. The minimum atomic E-state index is -5.11. The number of aliphatic hydroxyl groups is 5. The van der Waals surface area contributed by atoms with E-state index in [-0.39, 0.29) is 6.42 Å². The summed E-state index contributed by atoms with van der Waals surface area (Å²) in [6, 6.07) is -1.12. The SMILES string of the molecule is CCCCCC/C=C/C(O)C(COC1OC(CO)C(O)C(OS(=O)(=O)O)C1O)NC(=O)C(O)CCCCCCCC/C=C\CCCCCCCCCC. The van der Waals surface area contributed by atoms with E-state index in [1.807, 2.05) is 0 Å². The van der Waals surface area contributed by atoms with E-state index in [0.29, 0.717) is 12.8 Å². The number of unbranched alkanes of at least 4 members (excludes halogenated alkanes) is 18. The highest BCUT2D eigenvalue weighted by Crippen LogP contribution is 2.26. The molecule has 1 rings (SSSR count). The fourth-order valence-corrected chi connectivity index (χ4v) is 6.79. The third-order valence-electron chi connectivity index (χ3n) is 9.58. The molecule has 0 saturated carbocycles. The van der Waals surface area contributed by atoms with Crippen molar-refractivity contribution in [2.75, 3.05) is 13.2 Å². The van der Waals surface area contributed by atoms with Crippen molar-refractivity contribution in [3.05, 3.63) is 24.3 Å². The molecule has 8 atom stereocenters. The molecule has 1 fully saturated rings. The second-order valence-electron chi connectivity index (χ2n) is 14.4. The highest BCUT2D eigenvalue weighted by atomic mass is 32.3. The van der Waals surface area contributed by atoms with Gasteiger partial charge in [-0.3, -0.25) is 9.35 Å². The third kappa shape index (κ3) is 23.9. The van der Waals surface area contributed by atoms with Crippen LogP contribution in [-0.2, 0) is 28.9 Å². The maximum Gasteiger partial charge on any atom is 0.397 e. The highest BCUT2D eigenvalue weighted by Gasteiger charge is 2.48. The van der Waals surface area contributed by atoms with E-state index in [1.165, 1.54) is 57.4 Å². The number of hydrogen-bond donors (Lipinski definition) is 7. The van der Waals surface area contributed by atoms with Crippen LogP contribution in [0.15, 0.2) is 24.3 Å². The zero-order valence-corrected chi connectivity index (χ0v) is 33.3. The Hall–Kier alpha value is -1.46. The molecule has 14 heteroatoms. The molecule has 13 nitrogen and oxygen atoms in total. The van der Waals surface area contributed by atoms with Gasteiger partial charge in [0.1, 0.15) is 30.5 Å². The van der Waals surface area contributed by atoms with Gasteiger partial charge < -0.3 is 40.3 Å². The van der Waals surface area contributed by atoms with E-state index in [2.05, 4.69) is 35.5 Å². The van der Waals surface area contributed by atoms with Crippen LogP contribution in [0.1, 0.15) is 155 Å². The van der Waals surface area contributed by atoms with Crippen molar-refractivity contribution in [1.82, 2.24) is 5.32 Å². The van der Waals surface area contributed by atoms with Crippen molar-refractivity contribution in [3.8, 4) is 0 Å². The summed E-state index contributed by atoms with van der Waals surface area (Å²) in [7, 11) is -5.11. The molecule has 8 unspecified atom stereocenters. The predicted molar refractivity (Wildman–Crippen MR) is 205 cm³/mol. The summed E-state index contributed by atoms with van der Waals surface area (Å²) in [5.41, 5.74) is 0. The number of carbonyl (C=O) groups is 1.